The Hall–Kier alpha value is -0.730. The van der Waals surface area contributed by atoms with Crippen LogP contribution in [0.15, 0.2) is 0 Å². The summed E-state index contributed by atoms with van der Waals surface area (Å²) in [5.74, 6) is 0. The number of hydrogen-bond acceptors (Lipinski definition) is 2. The highest BCUT2D eigenvalue weighted by molar-refractivity contribution is 5.71. The number of nitrogens with zero attached hydrogens (tertiary/aromatic N) is 1. The molecule has 0 aliphatic carbocycles. The van der Waals surface area contributed by atoms with Gasteiger partial charge < -0.3 is 9.64 Å². The lowest BCUT2D eigenvalue weighted by Gasteiger charge is -2.02. The molecule has 3 heteroatoms. The number of ether oxygens (including phenoxy) is 1. The van der Waals surface area contributed by atoms with E-state index in [0.29, 0.717) is 12.6 Å². The zero-order valence-corrected chi connectivity index (χ0v) is 4.27. The quantitative estimate of drug-likeness (QED) is 0.461. The molecule has 1 aliphatic rings. The second kappa shape index (κ2) is 1.40. The number of rotatable bonds is 0. The van der Waals surface area contributed by atoms with Gasteiger partial charge in [-0.05, 0) is 0 Å². The van der Waals surface area contributed by atoms with E-state index in [0.717, 1.165) is 6.54 Å². The van der Waals surface area contributed by atoms with Crippen LogP contribution in [-0.2, 0) is 4.74 Å². The Balaban J connectivity index is 2.48. The van der Waals surface area contributed by atoms with Gasteiger partial charge in [-0.2, -0.15) is 0 Å². The minimum atomic E-state index is 0.292. The molecular formula is C4H8N2O. The van der Waals surface area contributed by atoms with Crippen LogP contribution in [0.5, 0.6) is 0 Å². The van der Waals surface area contributed by atoms with Crippen molar-refractivity contribution in [1.29, 1.82) is 5.41 Å². The standard InChI is InChI=1S/C4H8N2O/c1-6-2-3-7-4(6)5/h5H,2-3H2,1H3. The van der Waals surface area contributed by atoms with E-state index in [1.165, 1.54) is 0 Å². The number of amidine groups is 1. The fourth-order valence-corrected chi connectivity index (χ4v) is 0.491. The van der Waals surface area contributed by atoms with Gasteiger partial charge in [-0.1, -0.05) is 0 Å². The molecule has 1 saturated heterocycles. The lowest BCUT2D eigenvalue weighted by atomic mass is 10.7. The molecule has 0 spiro atoms. The average molecular weight is 100 g/mol. The summed E-state index contributed by atoms with van der Waals surface area (Å²) in [4.78, 5) is 1.76. The first kappa shape index (κ1) is 4.43. The molecule has 0 aromatic heterocycles. The highest BCUT2D eigenvalue weighted by Gasteiger charge is 2.11. The molecule has 0 bridgehead atoms. The van der Waals surface area contributed by atoms with Gasteiger partial charge in [0.15, 0.2) is 0 Å². The van der Waals surface area contributed by atoms with Crippen molar-refractivity contribution in [2.24, 2.45) is 0 Å². The summed E-state index contributed by atoms with van der Waals surface area (Å²) in [7, 11) is 1.84. The molecule has 1 heterocycles. The Morgan fingerprint density at radius 1 is 1.86 bits per heavy atom. The molecule has 0 aromatic carbocycles. The van der Waals surface area contributed by atoms with Crippen molar-refractivity contribution in [1.82, 2.24) is 4.90 Å². The van der Waals surface area contributed by atoms with E-state index < -0.39 is 0 Å². The normalized spacial score (nSPS) is 20.1. The van der Waals surface area contributed by atoms with Gasteiger partial charge in [0.2, 0.25) is 0 Å². The monoisotopic (exact) mass is 100 g/mol. The highest BCUT2D eigenvalue weighted by atomic mass is 16.5. The molecule has 1 aliphatic heterocycles. The minimum Gasteiger partial charge on any atom is -0.463 e. The first-order valence-corrected chi connectivity index (χ1v) is 2.23. The highest BCUT2D eigenvalue weighted by Crippen LogP contribution is 1.95. The Kier molecular flexibility index (Phi) is 0.889. The molecular weight excluding hydrogens is 92.1 g/mol. The van der Waals surface area contributed by atoms with Gasteiger partial charge in [-0.25, -0.2) is 0 Å². The third kappa shape index (κ3) is 0.656. The van der Waals surface area contributed by atoms with Crippen LogP contribution >= 0.6 is 0 Å². The summed E-state index contributed by atoms with van der Waals surface area (Å²) in [6.45, 7) is 1.54. The molecule has 0 saturated carbocycles. The summed E-state index contributed by atoms with van der Waals surface area (Å²) in [6.07, 6.45) is 0. The van der Waals surface area contributed by atoms with E-state index in [9.17, 15) is 0 Å². The molecule has 1 rings (SSSR count). The lowest BCUT2D eigenvalue weighted by Crippen LogP contribution is -2.18. The number of hydrogen-bond donors (Lipinski definition) is 1. The molecule has 0 amide bonds. The van der Waals surface area contributed by atoms with Gasteiger partial charge in [-0.15, -0.1) is 0 Å². The van der Waals surface area contributed by atoms with Crippen LogP contribution in [0.2, 0.25) is 0 Å². The smallest absolute Gasteiger partial charge is 0.284 e. The summed E-state index contributed by atoms with van der Waals surface area (Å²) in [5.41, 5.74) is 0. The van der Waals surface area contributed by atoms with Gasteiger partial charge in [-0.3, -0.25) is 5.41 Å². The predicted molar refractivity (Wildman–Crippen MR) is 26.3 cm³/mol. The first-order chi connectivity index (χ1) is 3.30. The fraction of sp³-hybridized carbons (Fsp3) is 0.750. The van der Waals surface area contributed by atoms with Crippen molar-refractivity contribution in [3.05, 3.63) is 0 Å². The van der Waals surface area contributed by atoms with Crippen LogP contribution in [-0.4, -0.2) is 31.1 Å². The maximum Gasteiger partial charge on any atom is 0.284 e. The SMILES string of the molecule is CN1CCOC1=N. The van der Waals surface area contributed by atoms with Crippen LogP contribution in [0, 0.1) is 5.41 Å². The van der Waals surface area contributed by atoms with Gasteiger partial charge in [0.1, 0.15) is 6.61 Å². The van der Waals surface area contributed by atoms with Gasteiger partial charge in [0, 0.05) is 7.05 Å². The third-order valence-electron chi connectivity index (χ3n) is 1.01. The van der Waals surface area contributed by atoms with Crippen molar-refractivity contribution in [3.8, 4) is 0 Å². The van der Waals surface area contributed by atoms with Crippen molar-refractivity contribution in [2.45, 2.75) is 0 Å². The first-order valence-electron chi connectivity index (χ1n) is 2.23. The van der Waals surface area contributed by atoms with Crippen LogP contribution in [0.3, 0.4) is 0 Å². The predicted octanol–water partition coefficient (Wildman–Crippen LogP) is -0.117. The molecule has 3 nitrogen and oxygen atoms in total. The molecule has 1 N–H and O–H groups in total. The average Bonchev–Trinajstić information content (AvgIpc) is 1.91. The molecule has 7 heavy (non-hydrogen) atoms. The van der Waals surface area contributed by atoms with Crippen LogP contribution in [0.4, 0.5) is 0 Å². The van der Waals surface area contributed by atoms with E-state index in [2.05, 4.69) is 0 Å². The van der Waals surface area contributed by atoms with Crippen LogP contribution in [0.1, 0.15) is 0 Å². The van der Waals surface area contributed by atoms with Crippen molar-refractivity contribution < 1.29 is 4.74 Å². The topological polar surface area (TPSA) is 36.3 Å². The molecule has 0 aromatic rings. The molecule has 40 valence electrons. The maximum absolute atomic E-state index is 6.96. The lowest BCUT2D eigenvalue weighted by molar-refractivity contribution is 0.349. The van der Waals surface area contributed by atoms with E-state index in [-0.39, 0.29) is 0 Å². The Morgan fingerprint density at radius 3 is 2.71 bits per heavy atom. The van der Waals surface area contributed by atoms with Crippen LogP contribution < -0.4 is 0 Å². The Morgan fingerprint density at radius 2 is 2.57 bits per heavy atom. The van der Waals surface area contributed by atoms with E-state index >= 15 is 0 Å². The zero-order chi connectivity index (χ0) is 5.28. The van der Waals surface area contributed by atoms with Gasteiger partial charge in [0.25, 0.3) is 6.02 Å². The summed E-state index contributed by atoms with van der Waals surface area (Å²) < 4.78 is 4.77. The largest absolute Gasteiger partial charge is 0.463 e. The second-order valence-electron chi connectivity index (χ2n) is 1.58. The second-order valence-corrected chi connectivity index (χ2v) is 1.58. The zero-order valence-electron chi connectivity index (χ0n) is 4.27. The molecule has 0 radical (unpaired) electrons. The summed E-state index contributed by atoms with van der Waals surface area (Å²) in [5, 5.41) is 6.96. The Bertz CT molecular complexity index is 91.7. The minimum absolute atomic E-state index is 0.292. The molecule has 0 unspecified atom stereocenters. The van der Waals surface area contributed by atoms with Crippen molar-refractivity contribution in [3.63, 3.8) is 0 Å². The van der Waals surface area contributed by atoms with Crippen molar-refractivity contribution in [2.75, 3.05) is 20.2 Å². The van der Waals surface area contributed by atoms with Crippen LogP contribution in [0.25, 0.3) is 0 Å². The molecule has 0 atom stereocenters. The Labute approximate surface area is 42.4 Å². The van der Waals surface area contributed by atoms with Crippen molar-refractivity contribution >= 4 is 6.02 Å². The fourth-order valence-electron chi connectivity index (χ4n) is 0.491. The summed E-state index contributed by atoms with van der Waals surface area (Å²) in [6, 6.07) is 0.292. The van der Waals surface area contributed by atoms with E-state index in [1.54, 1.807) is 4.90 Å². The number of likely N-dealkylation sites (N-methyl/N-ethyl adjacent to an activating group) is 1. The van der Waals surface area contributed by atoms with Gasteiger partial charge in [0.05, 0.1) is 6.54 Å². The van der Waals surface area contributed by atoms with E-state index in [4.69, 9.17) is 10.1 Å². The summed E-state index contributed by atoms with van der Waals surface area (Å²) >= 11 is 0. The van der Waals surface area contributed by atoms with E-state index in [1.807, 2.05) is 7.05 Å². The third-order valence-corrected chi connectivity index (χ3v) is 1.01. The molecule has 1 fully saturated rings. The maximum atomic E-state index is 6.96. The van der Waals surface area contributed by atoms with Gasteiger partial charge >= 0.3 is 0 Å². The number of nitrogens with one attached hydrogen (secondary N) is 1.